The number of nitrogens with two attached hydrogens (primary N) is 1. The Hall–Kier alpha value is -1.07. The summed E-state index contributed by atoms with van der Waals surface area (Å²) >= 11 is 0. The summed E-state index contributed by atoms with van der Waals surface area (Å²) < 4.78 is 1.57. The van der Waals surface area contributed by atoms with Crippen LogP contribution in [0.25, 0.3) is 0 Å². The molecule has 0 saturated heterocycles. The number of aryl methyl sites for hydroxylation is 1. The third-order valence-electron chi connectivity index (χ3n) is 3.36. The number of rotatable bonds is 4. The van der Waals surface area contributed by atoms with Crippen molar-refractivity contribution in [2.45, 2.75) is 25.3 Å². The van der Waals surface area contributed by atoms with Crippen LogP contribution in [0.2, 0.25) is 0 Å². The molecule has 96 valence electrons. The van der Waals surface area contributed by atoms with E-state index in [1.165, 1.54) is 0 Å². The Labute approximate surface area is 107 Å². The maximum Gasteiger partial charge on any atom is 0.270 e. The van der Waals surface area contributed by atoms with Crippen LogP contribution < -0.4 is 11.1 Å². The molecule has 0 aliphatic heterocycles. The second-order valence-electron chi connectivity index (χ2n) is 4.69. The van der Waals surface area contributed by atoms with Gasteiger partial charge in [-0.15, -0.1) is 12.4 Å². The average molecular weight is 259 g/mol. The van der Waals surface area contributed by atoms with Crippen LogP contribution in [0.4, 0.5) is 0 Å². The molecule has 1 heterocycles. The van der Waals surface area contributed by atoms with Crippen LogP contribution in [0, 0.1) is 5.92 Å². The van der Waals surface area contributed by atoms with E-state index in [-0.39, 0.29) is 23.9 Å². The van der Waals surface area contributed by atoms with Gasteiger partial charge < -0.3 is 11.1 Å². The van der Waals surface area contributed by atoms with E-state index in [2.05, 4.69) is 10.4 Å². The molecular formula is C11H19ClN4O. The molecule has 17 heavy (non-hydrogen) atoms. The van der Waals surface area contributed by atoms with Crippen molar-refractivity contribution in [2.24, 2.45) is 18.7 Å². The van der Waals surface area contributed by atoms with Gasteiger partial charge in [-0.3, -0.25) is 9.48 Å². The van der Waals surface area contributed by atoms with E-state index >= 15 is 0 Å². The van der Waals surface area contributed by atoms with Crippen molar-refractivity contribution in [1.29, 1.82) is 0 Å². The lowest BCUT2D eigenvalue weighted by atomic mass is 9.96. The number of hydrogen-bond donors (Lipinski definition) is 2. The largest absolute Gasteiger partial charge is 0.344 e. The molecule has 1 saturated carbocycles. The van der Waals surface area contributed by atoms with Crippen molar-refractivity contribution in [1.82, 2.24) is 15.1 Å². The number of halogens is 1. The Kier molecular flexibility index (Phi) is 4.16. The molecule has 1 amide bonds. The van der Waals surface area contributed by atoms with Crippen LogP contribution in [-0.2, 0) is 7.05 Å². The Bertz CT molecular complexity index is 402. The molecule has 1 atom stereocenters. The molecule has 0 radical (unpaired) electrons. The fourth-order valence-corrected chi connectivity index (χ4v) is 1.96. The third kappa shape index (κ3) is 2.79. The Morgan fingerprint density at radius 1 is 1.71 bits per heavy atom. The van der Waals surface area contributed by atoms with Crippen LogP contribution in [0.5, 0.6) is 0 Å². The molecule has 1 unspecified atom stereocenters. The van der Waals surface area contributed by atoms with Gasteiger partial charge in [0.25, 0.3) is 5.91 Å². The smallest absolute Gasteiger partial charge is 0.270 e. The van der Waals surface area contributed by atoms with Gasteiger partial charge in [-0.2, -0.15) is 5.10 Å². The Balaban J connectivity index is 0.00000144. The molecule has 0 aromatic carbocycles. The molecule has 0 spiro atoms. The molecule has 6 heteroatoms. The number of hydrogen-bond acceptors (Lipinski definition) is 3. The average Bonchev–Trinajstić information content (AvgIpc) is 3.02. The van der Waals surface area contributed by atoms with E-state index < -0.39 is 0 Å². The maximum absolute atomic E-state index is 12.0. The fourth-order valence-electron chi connectivity index (χ4n) is 1.96. The minimum Gasteiger partial charge on any atom is -0.344 e. The number of carbonyl (C=O) groups excluding carboxylic acids is 1. The van der Waals surface area contributed by atoms with Gasteiger partial charge in [-0.25, -0.2) is 0 Å². The lowest BCUT2D eigenvalue weighted by Crippen LogP contribution is -2.53. The van der Waals surface area contributed by atoms with Gasteiger partial charge in [0.2, 0.25) is 0 Å². The second kappa shape index (κ2) is 5.06. The summed E-state index contributed by atoms with van der Waals surface area (Å²) in [5.41, 5.74) is 6.04. The molecule has 1 aliphatic rings. The van der Waals surface area contributed by atoms with Crippen molar-refractivity contribution >= 4 is 18.3 Å². The van der Waals surface area contributed by atoms with Gasteiger partial charge >= 0.3 is 0 Å². The molecule has 1 aromatic rings. The van der Waals surface area contributed by atoms with Crippen molar-refractivity contribution in [3.63, 3.8) is 0 Å². The summed E-state index contributed by atoms with van der Waals surface area (Å²) in [7, 11) is 1.76. The summed E-state index contributed by atoms with van der Waals surface area (Å²) in [4.78, 5) is 12.0. The van der Waals surface area contributed by atoms with Crippen LogP contribution in [0.1, 0.15) is 30.3 Å². The van der Waals surface area contributed by atoms with Crippen LogP contribution in [0.15, 0.2) is 12.3 Å². The van der Waals surface area contributed by atoms with E-state index in [4.69, 9.17) is 5.73 Å². The minimum atomic E-state index is -0.276. The Morgan fingerprint density at radius 3 is 2.76 bits per heavy atom. The number of nitrogens with one attached hydrogen (secondary N) is 1. The number of amides is 1. The predicted molar refractivity (Wildman–Crippen MR) is 68.1 cm³/mol. The zero-order valence-corrected chi connectivity index (χ0v) is 11.0. The lowest BCUT2D eigenvalue weighted by Gasteiger charge is -2.29. The van der Waals surface area contributed by atoms with Crippen molar-refractivity contribution in [3.05, 3.63) is 18.0 Å². The summed E-state index contributed by atoms with van der Waals surface area (Å²) in [6.45, 7) is 2.49. The quantitative estimate of drug-likeness (QED) is 0.835. The van der Waals surface area contributed by atoms with E-state index in [1.807, 2.05) is 6.92 Å². The van der Waals surface area contributed by atoms with Crippen molar-refractivity contribution < 1.29 is 4.79 Å². The van der Waals surface area contributed by atoms with Gasteiger partial charge in [0.15, 0.2) is 0 Å². The second-order valence-corrected chi connectivity index (χ2v) is 4.69. The number of nitrogens with zero attached hydrogens (tertiary/aromatic N) is 2. The van der Waals surface area contributed by atoms with Gasteiger partial charge in [-0.05, 0) is 31.7 Å². The van der Waals surface area contributed by atoms with E-state index in [0.717, 1.165) is 12.8 Å². The van der Waals surface area contributed by atoms with Crippen LogP contribution in [0.3, 0.4) is 0 Å². The minimum absolute atomic E-state index is 0. The Morgan fingerprint density at radius 2 is 2.35 bits per heavy atom. The number of carbonyl (C=O) groups is 1. The van der Waals surface area contributed by atoms with E-state index in [0.29, 0.717) is 18.2 Å². The highest BCUT2D eigenvalue weighted by Gasteiger charge is 2.41. The first-order valence-electron chi connectivity index (χ1n) is 5.57. The monoisotopic (exact) mass is 258 g/mol. The van der Waals surface area contributed by atoms with Crippen LogP contribution >= 0.6 is 12.4 Å². The first kappa shape index (κ1) is 14.0. The molecular weight excluding hydrogens is 240 g/mol. The molecule has 1 aliphatic carbocycles. The summed E-state index contributed by atoms with van der Waals surface area (Å²) in [6.07, 6.45) is 3.92. The normalized spacial score (nSPS) is 18.1. The molecule has 3 N–H and O–H groups in total. The summed E-state index contributed by atoms with van der Waals surface area (Å²) in [5, 5.41) is 7.00. The van der Waals surface area contributed by atoms with Gasteiger partial charge in [-0.1, -0.05) is 0 Å². The highest BCUT2D eigenvalue weighted by molar-refractivity contribution is 5.93. The zero-order valence-electron chi connectivity index (χ0n) is 10.1. The van der Waals surface area contributed by atoms with E-state index in [9.17, 15) is 4.79 Å². The third-order valence-corrected chi connectivity index (χ3v) is 3.36. The highest BCUT2D eigenvalue weighted by atomic mass is 35.5. The van der Waals surface area contributed by atoms with Crippen molar-refractivity contribution in [2.75, 3.05) is 6.54 Å². The molecule has 2 rings (SSSR count). The topological polar surface area (TPSA) is 72.9 Å². The van der Waals surface area contributed by atoms with E-state index in [1.54, 1.807) is 24.0 Å². The summed E-state index contributed by atoms with van der Waals surface area (Å²) in [6, 6.07) is 1.71. The SMILES string of the molecule is Cl.Cn1nccc1C(=O)NC(C)(CN)C1CC1. The molecule has 0 bridgehead atoms. The molecule has 1 fully saturated rings. The summed E-state index contributed by atoms with van der Waals surface area (Å²) in [5.74, 6) is 0.425. The van der Waals surface area contributed by atoms with Gasteiger partial charge in [0.1, 0.15) is 5.69 Å². The van der Waals surface area contributed by atoms with Gasteiger partial charge in [0.05, 0.1) is 5.54 Å². The number of aromatic nitrogens is 2. The zero-order chi connectivity index (χ0) is 11.8. The molecule has 5 nitrogen and oxygen atoms in total. The first-order chi connectivity index (χ1) is 7.57. The lowest BCUT2D eigenvalue weighted by molar-refractivity contribution is 0.0888. The highest BCUT2D eigenvalue weighted by Crippen LogP contribution is 2.39. The van der Waals surface area contributed by atoms with Crippen LogP contribution in [-0.4, -0.2) is 27.8 Å². The van der Waals surface area contributed by atoms with Crippen molar-refractivity contribution in [3.8, 4) is 0 Å². The molecule has 1 aromatic heterocycles. The maximum atomic E-state index is 12.0. The fraction of sp³-hybridized carbons (Fsp3) is 0.636. The first-order valence-corrected chi connectivity index (χ1v) is 5.57. The van der Waals surface area contributed by atoms with Gasteiger partial charge in [0, 0.05) is 19.8 Å². The standard InChI is InChI=1S/C11H18N4O.ClH/c1-11(7-12,8-3-4-8)14-10(16)9-5-6-13-15(9)2;/h5-6,8H,3-4,7,12H2,1-2H3,(H,14,16);1H. The predicted octanol–water partition coefficient (Wildman–Crippen LogP) is 0.699.